The van der Waals surface area contributed by atoms with Crippen LogP contribution in [0.4, 0.5) is 4.79 Å². The van der Waals surface area contributed by atoms with Crippen molar-refractivity contribution in [2.45, 2.75) is 85.0 Å². The lowest BCUT2D eigenvalue weighted by Gasteiger charge is -2.43. The van der Waals surface area contributed by atoms with Crippen molar-refractivity contribution in [3.8, 4) is 12.3 Å². The van der Waals surface area contributed by atoms with E-state index >= 15 is 0 Å². The van der Waals surface area contributed by atoms with Gasteiger partial charge < -0.3 is 20.3 Å². The summed E-state index contributed by atoms with van der Waals surface area (Å²) in [6.07, 6.45) is 5.37. The lowest BCUT2D eigenvalue weighted by Crippen LogP contribution is -2.56. The molecule has 1 aromatic rings. The largest absolute Gasteiger partial charge is 0.444 e. The third-order valence-corrected chi connectivity index (χ3v) is 4.90. The lowest BCUT2D eigenvalue weighted by molar-refractivity contribution is -0.147. The average Bonchev–Trinajstić information content (AvgIpc) is 2.68. The number of amides is 3. The van der Waals surface area contributed by atoms with Gasteiger partial charge in [0, 0.05) is 17.1 Å². The highest BCUT2D eigenvalue weighted by Gasteiger charge is 2.40. The third-order valence-electron chi connectivity index (χ3n) is 4.90. The molecule has 2 N–H and O–H groups in total. The van der Waals surface area contributed by atoms with Crippen LogP contribution in [0.3, 0.4) is 0 Å². The Bertz CT molecular complexity index is 845. The van der Waals surface area contributed by atoms with Crippen LogP contribution in [0.1, 0.15) is 79.0 Å². The minimum absolute atomic E-state index is 0.114. The monoisotopic (exact) mass is 443 g/mol. The summed E-state index contributed by atoms with van der Waals surface area (Å²) in [7, 11) is 0. The van der Waals surface area contributed by atoms with Gasteiger partial charge in [-0.15, -0.1) is 6.42 Å². The summed E-state index contributed by atoms with van der Waals surface area (Å²) in [5, 5.41) is 5.42. The molecule has 0 heterocycles. The number of nitrogens with zero attached hydrogens (tertiary/aromatic N) is 1. The molecule has 0 aliphatic heterocycles. The predicted molar refractivity (Wildman–Crippen MR) is 126 cm³/mol. The third kappa shape index (κ3) is 7.92. The first kappa shape index (κ1) is 27.0. The quantitative estimate of drug-likeness (QED) is 0.599. The van der Waals surface area contributed by atoms with Gasteiger partial charge in [-0.1, -0.05) is 25.0 Å². The van der Waals surface area contributed by atoms with Gasteiger partial charge in [0.05, 0.1) is 0 Å². The van der Waals surface area contributed by atoms with Crippen LogP contribution in [-0.2, 0) is 14.3 Å². The van der Waals surface area contributed by atoms with Gasteiger partial charge >= 0.3 is 6.09 Å². The predicted octanol–water partition coefficient (Wildman–Crippen LogP) is 3.78. The van der Waals surface area contributed by atoms with Gasteiger partial charge in [0.25, 0.3) is 0 Å². The summed E-state index contributed by atoms with van der Waals surface area (Å²) in [5.41, 5.74) is -0.0463. The molecule has 0 saturated heterocycles. The molecular weight excluding hydrogens is 406 g/mol. The molecule has 176 valence electrons. The molecule has 0 fully saturated rings. The fraction of sp³-hybridized carbons (Fsp3) is 0.560. The molecule has 0 aliphatic carbocycles. The van der Waals surface area contributed by atoms with Crippen molar-refractivity contribution in [2.24, 2.45) is 0 Å². The van der Waals surface area contributed by atoms with Gasteiger partial charge in [0.2, 0.25) is 11.8 Å². The minimum Gasteiger partial charge on any atom is -0.444 e. The van der Waals surface area contributed by atoms with Gasteiger partial charge in [-0.25, -0.2) is 4.79 Å². The van der Waals surface area contributed by atoms with E-state index in [-0.39, 0.29) is 18.5 Å². The van der Waals surface area contributed by atoms with E-state index in [2.05, 4.69) is 16.6 Å². The fourth-order valence-electron chi connectivity index (χ4n) is 3.09. The van der Waals surface area contributed by atoms with Crippen molar-refractivity contribution in [3.05, 3.63) is 35.4 Å². The van der Waals surface area contributed by atoms with Gasteiger partial charge in [-0.3, -0.25) is 9.59 Å². The molecule has 0 spiro atoms. The van der Waals surface area contributed by atoms with Gasteiger partial charge in [0.15, 0.2) is 0 Å². The lowest BCUT2D eigenvalue weighted by atomic mass is 9.92. The first-order chi connectivity index (χ1) is 14.7. The van der Waals surface area contributed by atoms with E-state index in [1.54, 1.807) is 45.0 Å². The topological polar surface area (TPSA) is 87.7 Å². The molecule has 0 aromatic heterocycles. The van der Waals surface area contributed by atoms with Crippen LogP contribution in [-0.4, -0.2) is 46.5 Å². The van der Waals surface area contributed by atoms with Crippen LogP contribution >= 0.6 is 0 Å². The summed E-state index contributed by atoms with van der Waals surface area (Å²) in [6.45, 7) is 14.4. The molecular formula is C25H37N3O4. The zero-order valence-electron chi connectivity index (χ0n) is 20.5. The minimum atomic E-state index is -0.896. The summed E-state index contributed by atoms with van der Waals surface area (Å²) in [5.74, 6) is 1.86. The number of benzene rings is 1. The SMILES string of the molecule is C#Cc1ccc(C(C(=O)NC(C)C)N(C(=O)CNC(=O)OC(C)(C)C)C(C)(C)CC)cc1. The Morgan fingerprint density at radius 2 is 1.66 bits per heavy atom. The first-order valence-electron chi connectivity index (χ1n) is 10.9. The molecule has 7 nitrogen and oxygen atoms in total. The molecule has 0 aliphatic rings. The van der Waals surface area contributed by atoms with E-state index in [1.165, 1.54) is 4.90 Å². The second-order valence-electron chi connectivity index (χ2n) is 9.62. The highest BCUT2D eigenvalue weighted by Crippen LogP contribution is 2.31. The molecule has 1 rings (SSSR count). The highest BCUT2D eigenvalue weighted by atomic mass is 16.6. The maximum Gasteiger partial charge on any atom is 0.408 e. The normalized spacial score (nSPS) is 12.5. The number of carbonyl (C=O) groups excluding carboxylic acids is 3. The zero-order chi connectivity index (χ0) is 24.7. The fourth-order valence-corrected chi connectivity index (χ4v) is 3.09. The first-order valence-corrected chi connectivity index (χ1v) is 10.9. The van der Waals surface area contributed by atoms with E-state index in [0.29, 0.717) is 17.5 Å². The van der Waals surface area contributed by atoms with Gasteiger partial charge in [-0.2, -0.15) is 0 Å². The Hall–Kier alpha value is -3.01. The van der Waals surface area contributed by atoms with E-state index in [4.69, 9.17) is 11.2 Å². The zero-order valence-corrected chi connectivity index (χ0v) is 20.5. The van der Waals surface area contributed by atoms with Crippen molar-refractivity contribution >= 4 is 17.9 Å². The molecule has 0 radical (unpaired) electrons. The van der Waals surface area contributed by atoms with Gasteiger partial charge in [-0.05, 0) is 72.6 Å². The van der Waals surface area contributed by atoms with Crippen molar-refractivity contribution in [1.29, 1.82) is 0 Å². The number of carbonyl (C=O) groups is 3. The van der Waals surface area contributed by atoms with Crippen LogP contribution in [0.25, 0.3) is 0 Å². The molecule has 7 heteroatoms. The Balaban J connectivity index is 3.36. The van der Waals surface area contributed by atoms with E-state index in [1.807, 2.05) is 34.6 Å². The van der Waals surface area contributed by atoms with Crippen molar-refractivity contribution in [1.82, 2.24) is 15.5 Å². The van der Waals surface area contributed by atoms with Crippen molar-refractivity contribution in [2.75, 3.05) is 6.54 Å². The molecule has 1 unspecified atom stereocenters. The Morgan fingerprint density at radius 1 is 1.09 bits per heavy atom. The van der Waals surface area contributed by atoms with E-state index in [0.717, 1.165) is 0 Å². The highest BCUT2D eigenvalue weighted by molar-refractivity contribution is 5.91. The van der Waals surface area contributed by atoms with E-state index in [9.17, 15) is 14.4 Å². The number of alkyl carbamates (subject to hydrolysis) is 1. The molecule has 0 saturated carbocycles. The maximum absolute atomic E-state index is 13.4. The second kappa shape index (κ2) is 11.0. The second-order valence-corrected chi connectivity index (χ2v) is 9.62. The average molecular weight is 444 g/mol. The van der Waals surface area contributed by atoms with E-state index < -0.39 is 29.2 Å². The summed E-state index contributed by atoms with van der Waals surface area (Å²) < 4.78 is 5.23. The molecule has 3 amide bonds. The van der Waals surface area contributed by atoms with Crippen molar-refractivity contribution in [3.63, 3.8) is 0 Å². The Kier molecular flexibility index (Phi) is 9.32. The molecule has 1 aromatic carbocycles. The van der Waals surface area contributed by atoms with Crippen LogP contribution in [0, 0.1) is 12.3 Å². The van der Waals surface area contributed by atoms with Crippen molar-refractivity contribution < 1.29 is 19.1 Å². The van der Waals surface area contributed by atoms with Crippen LogP contribution in [0.15, 0.2) is 24.3 Å². The summed E-state index contributed by atoms with van der Waals surface area (Å²) in [6, 6.07) is 5.99. The number of nitrogens with one attached hydrogen (secondary N) is 2. The molecule has 32 heavy (non-hydrogen) atoms. The number of rotatable bonds is 8. The molecule has 0 bridgehead atoms. The smallest absolute Gasteiger partial charge is 0.408 e. The number of hydrogen-bond acceptors (Lipinski definition) is 4. The summed E-state index contributed by atoms with van der Waals surface area (Å²) in [4.78, 5) is 40.3. The van der Waals surface area contributed by atoms with Crippen LogP contribution in [0.2, 0.25) is 0 Å². The Morgan fingerprint density at radius 3 is 2.09 bits per heavy atom. The maximum atomic E-state index is 13.4. The Labute approximate surface area is 192 Å². The summed E-state index contributed by atoms with van der Waals surface area (Å²) >= 11 is 0. The standard InChI is InChI=1S/C25H37N3O4/c1-10-18-12-14-19(15-13-18)21(22(30)27-17(3)4)28(25(8,9)11-2)20(29)16-26-23(31)32-24(5,6)7/h1,12-15,17,21H,11,16H2,2-9H3,(H,26,31)(H,27,30). The number of ether oxygens (including phenoxy) is 1. The number of terminal acetylenes is 1. The van der Waals surface area contributed by atoms with Crippen LogP contribution < -0.4 is 10.6 Å². The van der Waals surface area contributed by atoms with Crippen LogP contribution in [0.5, 0.6) is 0 Å². The van der Waals surface area contributed by atoms with Gasteiger partial charge in [0.1, 0.15) is 18.2 Å². The number of hydrogen-bond donors (Lipinski definition) is 2. The molecule has 1 atom stereocenters.